The molecule has 1 heterocycles. The van der Waals surface area contributed by atoms with Crippen LogP contribution < -0.4 is 11.1 Å². The maximum Gasteiger partial charge on any atom is 0.230 e. The SMILES string of the molecule is Nc1cccc(Cl)c1SCC(=O)NCC1CCCO1. The van der Waals surface area contributed by atoms with Crippen LogP contribution >= 0.6 is 23.4 Å². The fraction of sp³-hybridized carbons (Fsp3) is 0.462. The zero-order valence-electron chi connectivity index (χ0n) is 10.5. The lowest BCUT2D eigenvalue weighted by molar-refractivity contribution is -0.119. The van der Waals surface area contributed by atoms with E-state index >= 15 is 0 Å². The van der Waals surface area contributed by atoms with E-state index in [2.05, 4.69) is 5.32 Å². The van der Waals surface area contributed by atoms with Crippen molar-refractivity contribution in [3.8, 4) is 0 Å². The first-order valence-electron chi connectivity index (χ1n) is 6.22. The summed E-state index contributed by atoms with van der Waals surface area (Å²) in [6.07, 6.45) is 2.26. The van der Waals surface area contributed by atoms with Gasteiger partial charge in [-0.05, 0) is 25.0 Å². The molecule has 19 heavy (non-hydrogen) atoms. The molecule has 1 aromatic rings. The number of halogens is 1. The number of rotatable bonds is 5. The number of nitrogen functional groups attached to an aromatic ring is 1. The van der Waals surface area contributed by atoms with E-state index in [1.54, 1.807) is 18.2 Å². The molecule has 0 aliphatic carbocycles. The highest BCUT2D eigenvalue weighted by Crippen LogP contribution is 2.32. The Morgan fingerprint density at radius 1 is 1.58 bits per heavy atom. The van der Waals surface area contributed by atoms with Gasteiger partial charge in [-0.3, -0.25) is 4.79 Å². The van der Waals surface area contributed by atoms with Crippen LogP contribution in [-0.4, -0.2) is 30.9 Å². The van der Waals surface area contributed by atoms with Crippen molar-refractivity contribution in [2.24, 2.45) is 0 Å². The van der Waals surface area contributed by atoms with Gasteiger partial charge in [0.25, 0.3) is 0 Å². The van der Waals surface area contributed by atoms with Crippen LogP contribution in [0.5, 0.6) is 0 Å². The summed E-state index contributed by atoms with van der Waals surface area (Å²) in [4.78, 5) is 12.5. The van der Waals surface area contributed by atoms with E-state index in [1.165, 1.54) is 11.8 Å². The van der Waals surface area contributed by atoms with Crippen LogP contribution in [0.3, 0.4) is 0 Å². The third kappa shape index (κ3) is 4.30. The second kappa shape index (κ2) is 7.03. The van der Waals surface area contributed by atoms with Crippen molar-refractivity contribution in [1.82, 2.24) is 5.32 Å². The fourth-order valence-electron chi connectivity index (χ4n) is 1.90. The normalized spacial score (nSPS) is 18.5. The molecule has 0 radical (unpaired) electrons. The van der Waals surface area contributed by atoms with Crippen molar-refractivity contribution >= 4 is 35.0 Å². The highest BCUT2D eigenvalue weighted by molar-refractivity contribution is 8.00. The zero-order valence-corrected chi connectivity index (χ0v) is 12.1. The Balaban J connectivity index is 1.76. The Kier molecular flexibility index (Phi) is 5.36. The van der Waals surface area contributed by atoms with Crippen LogP contribution in [0, 0.1) is 0 Å². The lowest BCUT2D eigenvalue weighted by Crippen LogP contribution is -2.32. The molecular weight excluding hydrogens is 284 g/mol. The van der Waals surface area contributed by atoms with Gasteiger partial charge in [0, 0.05) is 23.7 Å². The van der Waals surface area contributed by atoms with Crippen LogP contribution in [0.15, 0.2) is 23.1 Å². The minimum atomic E-state index is -0.0279. The molecule has 4 nitrogen and oxygen atoms in total. The second-order valence-electron chi connectivity index (χ2n) is 4.39. The summed E-state index contributed by atoms with van der Waals surface area (Å²) in [6, 6.07) is 5.34. The van der Waals surface area contributed by atoms with Gasteiger partial charge in [0.2, 0.25) is 5.91 Å². The first-order valence-corrected chi connectivity index (χ1v) is 7.58. The molecule has 0 saturated carbocycles. The van der Waals surface area contributed by atoms with Crippen molar-refractivity contribution in [3.05, 3.63) is 23.2 Å². The molecule has 1 fully saturated rings. The number of anilines is 1. The number of nitrogens with one attached hydrogen (secondary N) is 1. The van der Waals surface area contributed by atoms with Gasteiger partial charge >= 0.3 is 0 Å². The standard InChI is InChI=1S/C13H17ClN2O2S/c14-10-4-1-5-11(15)13(10)19-8-12(17)16-7-9-3-2-6-18-9/h1,4-5,9H,2-3,6-8,15H2,(H,16,17). The van der Waals surface area contributed by atoms with Crippen LogP contribution in [0.4, 0.5) is 5.69 Å². The summed E-state index contributed by atoms with van der Waals surface area (Å²) in [7, 11) is 0. The topological polar surface area (TPSA) is 64.4 Å². The van der Waals surface area contributed by atoms with Crippen LogP contribution in [0.1, 0.15) is 12.8 Å². The molecule has 1 atom stereocenters. The summed E-state index contributed by atoms with van der Waals surface area (Å²) in [5.41, 5.74) is 6.43. The number of ether oxygens (including phenoxy) is 1. The monoisotopic (exact) mass is 300 g/mol. The Bertz CT molecular complexity index is 430. The lowest BCUT2D eigenvalue weighted by atomic mass is 10.2. The summed E-state index contributed by atoms with van der Waals surface area (Å²) < 4.78 is 5.44. The average molecular weight is 301 g/mol. The summed E-state index contributed by atoms with van der Waals surface area (Å²) in [5.74, 6) is 0.278. The quantitative estimate of drug-likeness (QED) is 0.647. The van der Waals surface area contributed by atoms with Crippen molar-refractivity contribution in [1.29, 1.82) is 0 Å². The van der Waals surface area contributed by atoms with Crippen molar-refractivity contribution in [2.45, 2.75) is 23.8 Å². The number of carbonyl (C=O) groups is 1. The van der Waals surface area contributed by atoms with Gasteiger partial charge in [-0.1, -0.05) is 17.7 Å². The van der Waals surface area contributed by atoms with Gasteiger partial charge in [0.15, 0.2) is 0 Å². The number of hydrogen-bond donors (Lipinski definition) is 2. The van der Waals surface area contributed by atoms with E-state index in [0.29, 0.717) is 23.0 Å². The largest absolute Gasteiger partial charge is 0.398 e. The van der Waals surface area contributed by atoms with E-state index in [4.69, 9.17) is 22.1 Å². The fourth-order valence-corrected chi connectivity index (χ4v) is 3.06. The molecule has 0 bridgehead atoms. The van der Waals surface area contributed by atoms with Crippen LogP contribution in [0.2, 0.25) is 5.02 Å². The maximum absolute atomic E-state index is 11.7. The molecule has 1 amide bonds. The number of thioether (sulfide) groups is 1. The van der Waals surface area contributed by atoms with Crippen molar-refractivity contribution < 1.29 is 9.53 Å². The summed E-state index contributed by atoms with van der Waals surface area (Å²) in [6.45, 7) is 1.38. The van der Waals surface area contributed by atoms with Crippen LogP contribution in [0.25, 0.3) is 0 Å². The smallest absolute Gasteiger partial charge is 0.230 e. The van der Waals surface area contributed by atoms with Crippen LogP contribution in [-0.2, 0) is 9.53 Å². The third-order valence-corrected chi connectivity index (χ3v) is 4.47. The van der Waals surface area contributed by atoms with Gasteiger partial charge in [-0.15, -0.1) is 11.8 Å². The van der Waals surface area contributed by atoms with Gasteiger partial charge in [0.1, 0.15) is 0 Å². The minimum absolute atomic E-state index is 0.0279. The molecule has 1 aliphatic heterocycles. The Labute approximate surface area is 122 Å². The molecule has 1 saturated heterocycles. The molecule has 6 heteroatoms. The van der Waals surface area contributed by atoms with E-state index in [-0.39, 0.29) is 12.0 Å². The molecule has 3 N–H and O–H groups in total. The van der Waals surface area contributed by atoms with Gasteiger partial charge in [-0.2, -0.15) is 0 Å². The minimum Gasteiger partial charge on any atom is -0.398 e. The Hall–Kier alpha value is -0.910. The highest BCUT2D eigenvalue weighted by Gasteiger charge is 2.16. The van der Waals surface area contributed by atoms with Crippen molar-refractivity contribution in [2.75, 3.05) is 24.6 Å². The van der Waals surface area contributed by atoms with Crippen molar-refractivity contribution in [3.63, 3.8) is 0 Å². The van der Waals surface area contributed by atoms with E-state index < -0.39 is 0 Å². The first-order chi connectivity index (χ1) is 9.16. The second-order valence-corrected chi connectivity index (χ2v) is 5.78. The Morgan fingerprint density at radius 3 is 3.11 bits per heavy atom. The molecule has 2 rings (SSSR count). The molecule has 1 aliphatic rings. The number of benzene rings is 1. The molecular formula is C13H17ClN2O2S. The lowest BCUT2D eigenvalue weighted by Gasteiger charge is -2.11. The number of carbonyl (C=O) groups excluding carboxylic acids is 1. The summed E-state index contributed by atoms with van der Waals surface area (Å²) >= 11 is 7.40. The number of nitrogens with two attached hydrogens (primary N) is 1. The molecule has 104 valence electrons. The highest BCUT2D eigenvalue weighted by atomic mass is 35.5. The van der Waals surface area contributed by atoms with Gasteiger partial charge in [0.05, 0.1) is 16.9 Å². The maximum atomic E-state index is 11.7. The number of amides is 1. The third-order valence-electron chi connectivity index (χ3n) is 2.90. The Morgan fingerprint density at radius 2 is 2.42 bits per heavy atom. The molecule has 0 aromatic heterocycles. The predicted octanol–water partition coefficient (Wildman–Crippen LogP) is 2.31. The zero-order chi connectivity index (χ0) is 13.7. The predicted molar refractivity (Wildman–Crippen MR) is 78.6 cm³/mol. The molecule has 1 aromatic carbocycles. The first kappa shape index (κ1) is 14.5. The molecule has 1 unspecified atom stereocenters. The van der Waals surface area contributed by atoms with E-state index in [1.807, 2.05) is 0 Å². The van der Waals surface area contributed by atoms with E-state index in [9.17, 15) is 4.79 Å². The van der Waals surface area contributed by atoms with Gasteiger partial charge in [-0.25, -0.2) is 0 Å². The van der Waals surface area contributed by atoms with E-state index in [0.717, 1.165) is 24.3 Å². The average Bonchev–Trinajstić information content (AvgIpc) is 2.89. The summed E-state index contributed by atoms with van der Waals surface area (Å²) in [5, 5.41) is 3.45. The number of hydrogen-bond acceptors (Lipinski definition) is 4. The van der Waals surface area contributed by atoms with Gasteiger partial charge < -0.3 is 15.8 Å². The molecule has 0 spiro atoms.